The first-order valence-electron chi connectivity index (χ1n) is 9.34. The molecule has 0 bridgehead atoms. The van der Waals surface area contributed by atoms with Crippen molar-refractivity contribution < 1.29 is 9.59 Å². The molecule has 1 aromatic carbocycles. The van der Waals surface area contributed by atoms with Crippen LogP contribution < -0.4 is 4.48 Å². The van der Waals surface area contributed by atoms with Crippen molar-refractivity contribution in [3.63, 3.8) is 0 Å². The van der Waals surface area contributed by atoms with E-state index in [0.717, 1.165) is 16.9 Å². The number of thiophene rings is 1. The Morgan fingerprint density at radius 2 is 2.00 bits per heavy atom. The van der Waals surface area contributed by atoms with Gasteiger partial charge in [0.2, 0.25) is 5.78 Å². The molecule has 6 nitrogen and oxygen atoms in total. The van der Waals surface area contributed by atoms with Crippen molar-refractivity contribution >= 4 is 34.4 Å². The molecule has 4 rings (SSSR count). The molecule has 0 saturated carbocycles. The molecule has 4 aromatic rings. The Labute approximate surface area is 172 Å². The number of hydrogen-bond acceptors (Lipinski definition) is 5. The molecule has 1 atom stereocenters. The third kappa shape index (κ3) is 3.18. The van der Waals surface area contributed by atoms with Crippen LogP contribution in [0.5, 0.6) is 0 Å². The summed E-state index contributed by atoms with van der Waals surface area (Å²) in [6, 6.07) is 13.4. The molecule has 0 fully saturated rings. The summed E-state index contributed by atoms with van der Waals surface area (Å²) in [5.41, 5.74) is 3.62. The van der Waals surface area contributed by atoms with Crippen molar-refractivity contribution in [1.82, 2.24) is 19.1 Å². The monoisotopic (exact) mass is 405 g/mol. The molecule has 0 aliphatic heterocycles. The lowest BCUT2D eigenvalue weighted by Crippen LogP contribution is -2.48. The molecule has 1 amide bonds. The molecular formula is C22H21N4O2S+. The lowest BCUT2D eigenvalue weighted by Gasteiger charge is -2.29. The first-order chi connectivity index (χ1) is 14.0. The van der Waals surface area contributed by atoms with Gasteiger partial charge in [0.1, 0.15) is 5.69 Å². The molecule has 3 aromatic heterocycles. The topological polar surface area (TPSA) is 64.3 Å². The highest BCUT2D eigenvalue weighted by molar-refractivity contribution is 7.12. The Kier molecular flexibility index (Phi) is 4.86. The summed E-state index contributed by atoms with van der Waals surface area (Å²) in [6.07, 6.45) is 3.25. The molecule has 3 heterocycles. The predicted octanol–water partition coefficient (Wildman–Crippen LogP) is 4.19. The van der Waals surface area contributed by atoms with Crippen molar-refractivity contribution in [1.29, 1.82) is 0 Å². The third-order valence-electron chi connectivity index (χ3n) is 5.43. The lowest BCUT2D eigenvalue weighted by molar-refractivity contribution is -0.126. The van der Waals surface area contributed by atoms with Crippen LogP contribution >= 0.6 is 11.3 Å². The summed E-state index contributed by atoms with van der Waals surface area (Å²) in [5, 5.41) is 6.32. The van der Waals surface area contributed by atoms with Gasteiger partial charge in [-0.05, 0) is 30.5 Å². The maximum atomic E-state index is 12.8. The Balaban J connectivity index is 1.83. The summed E-state index contributed by atoms with van der Waals surface area (Å²) >= 11 is 1.40. The van der Waals surface area contributed by atoms with Gasteiger partial charge in [0.05, 0.1) is 42.8 Å². The molecule has 29 heavy (non-hydrogen) atoms. The number of benzene rings is 1. The lowest BCUT2D eigenvalue weighted by atomic mass is 10.1. The minimum Gasteiger partial charge on any atom is -0.287 e. The second kappa shape index (κ2) is 7.35. The zero-order valence-electron chi connectivity index (χ0n) is 16.5. The highest BCUT2D eigenvalue weighted by atomic mass is 32.1. The smallest absolute Gasteiger partial charge is 0.287 e. The minimum absolute atomic E-state index is 0.0763. The second-order valence-corrected chi connectivity index (χ2v) is 7.95. The van der Waals surface area contributed by atoms with E-state index in [1.807, 2.05) is 55.7 Å². The number of aromatic nitrogens is 3. The van der Waals surface area contributed by atoms with Crippen LogP contribution in [-0.2, 0) is 4.79 Å². The maximum Gasteiger partial charge on any atom is 0.315 e. The van der Waals surface area contributed by atoms with Crippen LogP contribution in [0.25, 0.3) is 16.9 Å². The largest absolute Gasteiger partial charge is 0.315 e. The van der Waals surface area contributed by atoms with Crippen LogP contribution in [0.4, 0.5) is 5.69 Å². The number of ketones is 1. The van der Waals surface area contributed by atoms with E-state index < -0.39 is 0 Å². The van der Waals surface area contributed by atoms with E-state index in [-0.39, 0.29) is 16.2 Å². The molecule has 0 N–H and O–H groups in total. The van der Waals surface area contributed by atoms with Crippen molar-refractivity contribution in [2.75, 3.05) is 13.6 Å². The van der Waals surface area contributed by atoms with Crippen LogP contribution in [0, 0.1) is 0 Å². The van der Waals surface area contributed by atoms with E-state index in [0.29, 0.717) is 22.6 Å². The van der Waals surface area contributed by atoms with Gasteiger partial charge in [-0.15, -0.1) is 11.3 Å². The van der Waals surface area contributed by atoms with Crippen LogP contribution in [0.1, 0.15) is 29.1 Å². The third-order valence-corrected chi connectivity index (χ3v) is 6.30. The molecule has 146 valence electrons. The van der Waals surface area contributed by atoms with Gasteiger partial charge in [-0.3, -0.25) is 4.79 Å². The van der Waals surface area contributed by atoms with Gasteiger partial charge in [0, 0.05) is 17.8 Å². The van der Waals surface area contributed by atoms with Crippen molar-refractivity contribution in [3.8, 4) is 11.3 Å². The van der Waals surface area contributed by atoms with Crippen LogP contribution in [0.3, 0.4) is 0 Å². The summed E-state index contributed by atoms with van der Waals surface area (Å²) in [4.78, 5) is 30.1. The Bertz CT molecular complexity index is 1210. The van der Waals surface area contributed by atoms with E-state index in [1.54, 1.807) is 29.9 Å². The van der Waals surface area contributed by atoms with E-state index in [2.05, 4.69) is 10.1 Å². The zero-order chi connectivity index (χ0) is 20.6. The minimum atomic E-state index is -0.0831. The van der Waals surface area contributed by atoms with Gasteiger partial charge in [-0.25, -0.2) is 18.8 Å². The first-order valence-corrected chi connectivity index (χ1v) is 10.2. The number of nitrogens with zero attached hydrogens (tertiary/aromatic N) is 4. The number of carbonyl (C=O) groups is 2. The number of quaternary nitrogens is 1. The fourth-order valence-electron chi connectivity index (χ4n) is 3.37. The van der Waals surface area contributed by atoms with Gasteiger partial charge in [0.25, 0.3) is 0 Å². The van der Waals surface area contributed by atoms with Gasteiger partial charge in [-0.1, -0.05) is 18.2 Å². The summed E-state index contributed by atoms with van der Waals surface area (Å²) < 4.78 is 1.90. The quantitative estimate of drug-likeness (QED) is 0.369. The highest BCUT2D eigenvalue weighted by Gasteiger charge is 2.29. The molecule has 0 aliphatic rings. The average molecular weight is 406 g/mol. The second-order valence-electron chi connectivity index (χ2n) is 7.01. The summed E-state index contributed by atoms with van der Waals surface area (Å²) in [7, 11) is 1.91. The molecular weight excluding hydrogens is 384 g/mol. The van der Waals surface area contributed by atoms with E-state index in [4.69, 9.17) is 0 Å². The van der Waals surface area contributed by atoms with Gasteiger partial charge in [-0.2, -0.15) is 5.10 Å². The molecule has 1 unspecified atom stereocenters. The predicted molar refractivity (Wildman–Crippen MR) is 115 cm³/mol. The average Bonchev–Trinajstić information content (AvgIpc) is 3.42. The van der Waals surface area contributed by atoms with Crippen LogP contribution in [0.2, 0.25) is 0 Å². The number of carbonyl (C=O) groups excluding carboxylic acids is 2. The molecule has 0 saturated heterocycles. The van der Waals surface area contributed by atoms with Gasteiger partial charge >= 0.3 is 5.91 Å². The summed E-state index contributed by atoms with van der Waals surface area (Å²) in [5.74, 6) is -0.00681. The van der Waals surface area contributed by atoms with Crippen molar-refractivity contribution in [2.45, 2.75) is 13.8 Å². The SMILES string of the molecule is CC[N+](C)(C(C)=O)c1cccc(-c2ccnc3c(C(=O)c4cccs4)cnn23)c1. The normalized spacial score (nSPS) is 13.3. The fourth-order valence-corrected chi connectivity index (χ4v) is 4.05. The highest BCUT2D eigenvalue weighted by Crippen LogP contribution is 2.29. The van der Waals surface area contributed by atoms with Gasteiger partial charge < -0.3 is 0 Å². The number of fused-ring (bicyclic) bond motifs is 1. The number of hydrogen-bond donors (Lipinski definition) is 0. The Morgan fingerprint density at radius 1 is 1.17 bits per heavy atom. The standard InChI is InChI=1S/C22H21N4O2S/c1-4-26(3,15(2)27)17-8-5-7-16(13-17)19-10-11-23-22-18(14-24-25(19)22)21(28)20-9-6-12-29-20/h5-14H,4H2,1-3H3/q+1. The van der Waals surface area contributed by atoms with E-state index in [9.17, 15) is 9.59 Å². The Hall–Kier alpha value is -3.16. The maximum absolute atomic E-state index is 12.8. The number of amides is 1. The van der Waals surface area contributed by atoms with Crippen LogP contribution in [-0.4, -0.2) is 39.9 Å². The zero-order valence-corrected chi connectivity index (χ0v) is 17.3. The first kappa shape index (κ1) is 19.2. The Morgan fingerprint density at radius 3 is 2.69 bits per heavy atom. The molecule has 0 spiro atoms. The van der Waals surface area contributed by atoms with Gasteiger partial charge in [0.15, 0.2) is 5.65 Å². The fraction of sp³-hybridized carbons (Fsp3) is 0.182. The summed E-state index contributed by atoms with van der Waals surface area (Å²) in [6.45, 7) is 4.26. The molecule has 7 heteroatoms. The number of rotatable bonds is 5. The van der Waals surface area contributed by atoms with Crippen molar-refractivity contribution in [3.05, 3.63) is 70.7 Å². The van der Waals surface area contributed by atoms with Crippen LogP contribution in [0.15, 0.2) is 60.2 Å². The molecule has 0 radical (unpaired) electrons. The van der Waals surface area contributed by atoms with Crippen molar-refractivity contribution in [2.24, 2.45) is 0 Å². The van der Waals surface area contributed by atoms with E-state index >= 15 is 0 Å². The van der Waals surface area contributed by atoms with E-state index in [1.165, 1.54) is 11.3 Å². The molecule has 0 aliphatic carbocycles.